The van der Waals surface area contributed by atoms with Crippen LogP contribution in [0.2, 0.25) is 0 Å². The molecule has 1 aromatic carbocycles. The summed E-state index contributed by atoms with van der Waals surface area (Å²) in [5.41, 5.74) is 2.60. The maximum atomic E-state index is 12.1. The van der Waals surface area contributed by atoms with Crippen molar-refractivity contribution in [1.29, 1.82) is 0 Å². The highest BCUT2D eigenvalue weighted by Gasteiger charge is 2.54. The van der Waals surface area contributed by atoms with Gasteiger partial charge in [-0.2, -0.15) is 0 Å². The molecule has 0 aromatic heterocycles. The number of Topliss-reactive ketones (excluding diaryl/α,β-unsaturated/α-hetero) is 1. The Hall–Kier alpha value is -1.35. The van der Waals surface area contributed by atoms with Gasteiger partial charge in [0.1, 0.15) is 11.5 Å². The standard InChI is InChI=1S/C17H21NO2/c1-18-7-6-17-10-13(20)4-5-14(17)16(18)8-11-2-3-12(19)9-15(11)17/h2-3,9,14,16,19H,4-8,10H2,1H3/t14-,16?,17?/m0/s1. The van der Waals surface area contributed by atoms with Crippen LogP contribution < -0.4 is 0 Å². The Morgan fingerprint density at radius 2 is 2.25 bits per heavy atom. The van der Waals surface area contributed by atoms with Crippen LogP contribution in [-0.2, 0) is 16.6 Å². The molecule has 0 spiro atoms. The summed E-state index contributed by atoms with van der Waals surface area (Å²) in [5.74, 6) is 1.32. The van der Waals surface area contributed by atoms with Crippen LogP contribution in [-0.4, -0.2) is 35.4 Å². The molecule has 1 aliphatic heterocycles. The Balaban J connectivity index is 1.92. The van der Waals surface area contributed by atoms with Gasteiger partial charge in [-0.05, 0) is 62.0 Å². The van der Waals surface area contributed by atoms with Crippen molar-refractivity contribution in [3.8, 4) is 5.75 Å². The van der Waals surface area contributed by atoms with E-state index >= 15 is 0 Å². The molecule has 2 fully saturated rings. The fraction of sp³-hybridized carbons (Fsp3) is 0.588. The van der Waals surface area contributed by atoms with Crippen LogP contribution in [0.4, 0.5) is 0 Å². The van der Waals surface area contributed by atoms with E-state index < -0.39 is 0 Å². The number of hydrogen-bond donors (Lipinski definition) is 1. The molecule has 4 rings (SSSR count). The van der Waals surface area contributed by atoms with E-state index in [0.717, 1.165) is 32.2 Å². The van der Waals surface area contributed by atoms with Crippen molar-refractivity contribution in [2.75, 3.05) is 13.6 Å². The van der Waals surface area contributed by atoms with Gasteiger partial charge in [-0.15, -0.1) is 0 Å². The molecule has 3 atom stereocenters. The highest BCUT2D eigenvalue weighted by atomic mass is 16.3. The number of benzene rings is 1. The Morgan fingerprint density at radius 3 is 3.10 bits per heavy atom. The predicted molar refractivity (Wildman–Crippen MR) is 76.9 cm³/mol. The van der Waals surface area contributed by atoms with Crippen molar-refractivity contribution in [3.63, 3.8) is 0 Å². The van der Waals surface area contributed by atoms with Gasteiger partial charge in [0.15, 0.2) is 0 Å². The molecule has 2 aliphatic carbocycles. The number of rotatable bonds is 0. The Bertz CT molecular complexity index is 582. The van der Waals surface area contributed by atoms with Gasteiger partial charge >= 0.3 is 0 Å². The topological polar surface area (TPSA) is 40.5 Å². The molecule has 2 unspecified atom stereocenters. The quantitative estimate of drug-likeness (QED) is 0.787. The normalized spacial score (nSPS) is 36.4. The van der Waals surface area contributed by atoms with Gasteiger partial charge in [0.05, 0.1) is 0 Å². The van der Waals surface area contributed by atoms with Crippen LogP contribution in [0.25, 0.3) is 0 Å². The second-order valence-electron chi connectivity index (χ2n) is 6.86. The highest BCUT2D eigenvalue weighted by Crippen LogP contribution is 2.55. The van der Waals surface area contributed by atoms with Gasteiger partial charge in [-0.1, -0.05) is 6.07 Å². The fourth-order valence-corrected chi connectivity index (χ4v) is 5.01. The number of phenolic OH excluding ortho intramolecular Hbond substituents is 1. The molecular weight excluding hydrogens is 250 g/mol. The molecule has 2 bridgehead atoms. The van der Waals surface area contributed by atoms with Crippen LogP contribution in [0, 0.1) is 5.92 Å². The first-order valence-corrected chi connectivity index (χ1v) is 7.64. The molecule has 3 nitrogen and oxygen atoms in total. The zero-order chi connectivity index (χ0) is 13.9. The first-order chi connectivity index (χ1) is 9.60. The van der Waals surface area contributed by atoms with Crippen molar-refractivity contribution in [1.82, 2.24) is 4.90 Å². The third kappa shape index (κ3) is 1.53. The van der Waals surface area contributed by atoms with E-state index in [2.05, 4.69) is 18.0 Å². The summed E-state index contributed by atoms with van der Waals surface area (Å²) in [6.45, 7) is 1.06. The molecule has 1 aromatic rings. The second-order valence-corrected chi connectivity index (χ2v) is 6.86. The van der Waals surface area contributed by atoms with Crippen molar-refractivity contribution < 1.29 is 9.90 Å². The second kappa shape index (κ2) is 4.08. The van der Waals surface area contributed by atoms with Gasteiger partial charge in [-0.3, -0.25) is 4.79 Å². The number of ketones is 1. The molecule has 0 radical (unpaired) electrons. The molecule has 106 valence electrons. The lowest BCUT2D eigenvalue weighted by Crippen LogP contribution is -2.60. The lowest BCUT2D eigenvalue weighted by Gasteiger charge is -2.58. The molecule has 3 aliphatic rings. The summed E-state index contributed by atoms with van der Waals surface area (Å²) in [7, 11) is 2.22. The largest absolute Gasteiger partial charge is 0.508 e. The van der Waals surface area contributed by atoms with E-state index in [1.165, 1.54) is 11.1 Å². The number of nitrogens with zero attached hydrogens (tertiary/aromatic N) is 1. The first-order valence-electron chi connectivity index (χ1n) is 7.64. The number of aromatic hydroxyl groups is 1. The number of carbonyl (C=O) groups is 1. The van der Waals surface area contributed by atoms with E-state index in [9.17, 15) is 9.90 Å². The molecule has 3 heteroatoms. The fourth-order valence-electron chi connectivity index (χ4n) is 5.01. The van der Waals surface area contributed by atoms with Crippen LogP contribution in [0.3, 0.4) is 0 Å². The molecule has 20 heavy (non-hydrogen) atoms. The Kier molecular flexibility index (Phi) is 2.53. The summed E-state index contributed by atoms with van der Waals surface area (Å²) in [6, 6.07) is 6.35. The maximum absolute atomic E-state index is 12.1. The van der Waals surface area contributed by atoms with Crippen LogP contribution in [0.5, 0.6) is 5.75 Å². The van der Waals surface area contributed by atoms with Gasteiger partial charge in [-0.25, -0.2) is 0 Å². The summed E-state index contributed by atoms with van der Waals surface area (Å²) in [4.78, 5) is 14.6. The van der Waals surface area contributed by atoms with Crippen molar-refractivity contribution in [2.45, 2.75) is 43.6 Å². The van der Waals surface area contributed by atoms with Gasteiger partial charge < -0.3 is 10.0 Å². The summed E-state index contributed by atoms with van der Waals surface area (Å²) in [6.07, 6.45) is 4.55. The van der Waals surface area contributed by atoms with Crippen LogP contribution in [0.1, 0.15) is 36.8 Å². The number of piperidine rings is 1. The van der Waals surface area contributed by atoms with E-state index in [4.69, 9.17) is 0 Å². The first kappa shape index (κ1) is 12.4. The van der Waals surface area contributed by atoms with E-state index in [0.29, 0.717) is 29.9 Å². The minimum atomic E-state index is -0.00116. The van der Waals surface area contributed by atoms with Gasteiger partial charge in [0.2, 0.25) is 0 Å². The number of likely N-dealkylation sites (N-methyl/N-ethyl adjacent to an activating group) is 1. The molecule has 1 N–H and O–H groups in total. The molecule has 0 amide bonds. The minimum Gasteiger partial charge on any atom is -0.508 e. The zero-order valence-corrected chi connectivity index (χ0v) is 11.9. The third-order valence-electron chi connectivity index (χ3n) is 5.96. The number of carbonyl (C=O) groups excluding carboxylic acids is 1. The lowest BCUT2D eigenvalue weighted by molar-refractivity contribution is -0.126. The van der Waals surface area contributed by atoms with E-state index in [1.807, 2.05) is 6.07 Å². The predicted octanol–water partition coefficient (Wildman–Crippen LogP) is 2.26. The minimum absolute atomic E-state index is 0.00116. The van der Waals surface area contributed by atoms with E-state index in [1.54, 1.807) is 6.07 Å². The monoisotopic (exact) mass is 271 g/mol. The van der Waals surface area contributed by atoms with Crippen molar-refractivity contribution in [3.05, 3.63) is 29.3 Å². The van der Waals surface area contributed by atoms with Crippen molar-refractivity contribution >= 4 is 5.78 Å². The molecule has 1 saturated carbocycles. The highest BCUT2D eigenvalue weighted by molar-refractivity contribution is 5.81. The summed E-state index contributed by atoms with van der Waals surface area (Å²) < 4.78 is 0. The molecular formula is C17H21NO2. The number of hydrogen-bond acceptors (Lipinski definition) is 3. The number of fused-ring (bicyclic) bond motifs is 1. The summed E-state index contributed by atoms with van der Waals surface area (Å²) >= 11 is 0. The average molecular weight is 271 g/mol. The average Bonchev–Trinajstić information content (AvgIpc) is 2.43. The molecule has 1 saturated heterocycles. The van der Waals surface area contributed by atoms with E-state index in [-0.39, 0.29) is 5.41 Å². The van der Waals surface area contributed by atoms with Crippen LogP contribution in [0.15, 0.2) is 18.2 Å². The smallest absolute Gasteiger partial charge is 0.133 e. The van der Waals surface area contributed by atoms with Gasteiger partial charge in [0, 0.05) is 24.3 Å². The third-order valence-corrected chi connectivity index (χ3v) is 5.96. The Labute approximate surface area is 119 Å². The SMILES string of the molecule is CN1CCC23CC(=O)CC[C@H]2C1Cc1ccc(O)cc13. The maximum Gasteiger partial charge on any atom is 0.133 e. The Morgan fingerprint density at radius 1 is 1.40 bits per heavy atom. The van der Waals surface area contributed by atoms with Crippen molar-refractivity contribution in [2.24, 2.45) is 5.92 Å². The number of phenols is 1. The zero-order valence-electron chi connectivity index (χ0n) is 11.9. The lowest BCUT2D eigenvalue weighted by atomic mass is 9.52. The van der Waals surface area contributed by atoms with Gasteiger partial charge in [0.25, 0.3) is 0 Å². The molecule has 1 heterocycles. The van der Waals surface area contributed by atoms with Crippen LogP contribution >= 0.6 is 0 Å². The number of likely N-dealkylation sites (tertiary alicyclic amines) is 1. The summed E-state index contributed by atoms with van der Waals surface area (Å²) in [5, 5.41) is 9.89.